The first kappa shape index (κ1) is 19.4. The SMILES string of the molecule is CCOc1cc(/C=N\n2cn[nH]c2=S)ccc1OCc1ccc(C(=O)OC)o1. The molecule has 0 atom stereocenters. The highest BCUT2D eigenvalue weighted by Crippen LogP contribution is 2.29. The van der Waals surface area contributed by atoms with Gasteiger partial charge >= 0.3 is 5.97 Å². The number of esters is 1. The number of furan rings is 1. The van der Waals surface area contributed by atoms with Crippen LogP contribution in [0.3, 0.4) is 0 Å². The fraction of sp³-hybridized carbons (Fsp3) is 0.222. The molecule has 10 heteroatoms. The third-order valence-electron chi connectivity index (χ3n) is 3.55. The molecule has 28 heavy (non-hydrogen) atoms. The average Bonchev–Trinajstić information content (AvgIpc) is 3.34. The van der Waals surface area contributed by atoms with Gasteiger partial charge in [0, 0.05) is 0 Å². The van der Waals surface area contributed by atoms with Crippen LogP contribution in [0.5, 0.6) is 11.5 Å². The molecule has 1 N–H and O–H groups in total. The smallest absolute Gasteiger partial charge is 0.373 e. The molecular weight excluding hydrogens is 384 g/mol. The zero-order valence-corrected chi connectivity index (χ0v) is 16.1. The Morgan fingerprint density at radius 3 is 2.89 bits per heavy atom. The van der Waals surface area contributed by atoms with E-state index >= 15 is 0 Å². The molecule has 0 aliphatic rings. The van der Waals surface area contributed by atoms with Crippen molar-refractivity contribution in [1.82, 2.24) is 14.9 Å². The van der Waals surface area contributed by atoms with Crippen LogP contribution in [-0.4, -0.2) is 40.8 Å². The fourth-order valence-electron chi connectivity index (χ4n) is 2.26. The highest BCUT2D eigenvalue weighted by atomic mass is 32.1. The Kier molecular flexibility index (Phi) is 6.22. The number of nitrogens with zero attached hydrogens (tertiary/aromatic N) is 3. The van der Waals surface area contributed by atoms with Gasteiger partial charge in [-0.1, -0.05) is 0 Å². The van der Waals surface area contributed by atoms with Gasteiger partial charge in [-0.2, -0.15) is 14.9 Å². The van der Waals surface area contributed by atoms with Crippen molar-refractivity contribution in [1.29, 1.82) is 0 Å². The minimum absolute atomic E-state index is 0.121. The van der Waals surface area contributed by atoms with Crippen LogP contribution in [0, 0.1) is 4.77 Å². The lowest BCUT2D eigenvalue weighted by Gasteiger charge is -2.11. The number of carbonyl (C=O) groups is 1. The number of aromatic amines is 1. The van der Waals surface area contributed by atoms with E-state index in [0.29, 0.717) is 28.6 Å². The van der Waals surface area contributed by atoms with Gasteiger partial charge in [-0.05, 0) is 55.0 Å². The van der Waals surface area contributed by atoms with E-state index in [1.807, 2.05) is 13.0 Å². The molecule has 2 heterocycles. The Morgan fingerprint density at radius 1 is 1.32 bits per heavy atom. The first-order valence-electron chi connectivity index (χ1n) is 8.33. The quantitative estimate of drug-likeness (QED) is 0.350. The summed E-state index contributed by atoms with van der Waals surface area (Å²) in [6, 6.07) is 8.59. The number of carbonyl (C=O) groups excluding carboxylic acids is 1. The maximum absolute atomic E-state index is 11.4. The van der Waals surface area contributed by atoms with E-state index in [4.69, 9.17) is 26.1 Å². The zero-order valence-electron chi connectivity index (χ0n) is 15.2. The highest BCUT2D eigenvalue weighted by Gasteiger charge is 2.12. The Balaban J connectivity index is 1.73. The Labute approximate surface area is 165 Å². The predicted molar refractivity (Wildman–Crippen MR) is 102 cm³/mol. The summed E-state index contributed by atoms with van der Waals surface area (Å²) >= 11 is 5.04. The van der Waals surface area contributed by atoms with Gasteiger partial charge < -0.3 is 18.6 Å². The Bertz CT molecular complexity index is 1040. The van der Waals surface area contributed by atoms with E-state index in [1.165, 1.54) is 24.2 Å². The molecule has 3 aromatic rings. The van der Waals surface area contributed by atoms with Gasteiger partial charge in [0.2, 0.25) is 10.5 Å². The first-order valence-corrected chi connectivity index (χ1v) is 8.74. The number of hydrogen-bond acceptors (Lipinski definition) is 8. The summed E-state index contributed by atoms with van der Waals surface area (Å²) in [6.07, 6.45) is 3.11. The van der Waals surface area contributed by atoms with Crippen molar-refractivity contribution >= 4 is 24.4 Å². The lowest BCUT2D eigenvalue weighted by molar-refractivity contribution is 0.0561. The number of ether oxygens (including phenoxy) is 3. The topological polar surface area (TPSA) is 104 Å². The van der Waals surface area contributed by atoms with Crippen LogP contribution in [-0.2, 0) is 11.3 Å². The molecule has 3 rings (SSSR count). The van der Waals surface area contributed by atoms with E-state index in [2.05, 4.69) is 20.0 Å². The molecule has 0 unspecified atom stereocenters. The van der Waals surface area contributed by atoms with E-state index in [0.717, 1.165) is 5.56 Å². The summed E-state index contributed by atoms with van der Waals surface area (Å²) < 4.78 is 23.3. The van der Waals surface area contributed by atoms with Crippen molar-refractivity contribution in [2.45, 2.75) is 13.5 Å². The molecule has 0 amide bonds. The standard InChI is InChI=1S/C18H18N4O5S/c1-3-25-16-8-12(9-20-22-11-19-21-18(22)28)4-6-14(16)26-10-13-5-7-15(27-13)17(23)24-2/h4-9,11H,3,10H2,1-2H3,(H,21,28)/b20-9-. The average molecular weight is 402 g/mol. The summed E-state index contributed by atoms with van der Waals surface area (Å²) in [5.41, 5.74) is 0.796. The van der Waals surface area contributed by atoms with Crippen molar-refractivity contribution in [2.75, 3.05) is 13.7 Å². The molecule has 146 valence electrons. The summed E-state index contributed by atoms with van der Waals surface area (Å²) in [4.78, 5) is 11.4. The number of hydrogen-bond donors (Lipinski definition) is 1. The maximum Gasteiger partial charge on any atom is 0.373 e. The van der Waals surface area contributed by atoms with Gasteiger partial charge in [0.1, 0.15) is 18.7 Å². The van der Waals surface area contributed by atoms with Crippen LogP contribution < -0.4 is 9.47 Å². The van der Waals surface area contributed by atoms with Gasteiger partial charge in [0.25, 0.3) is 0 Å². The normalized spacial score (nSPS) is 10.9. The molecule has 0 aliphatic heterocycles. The van der Waals surface area contributed by atoms with Crippen molar-refractivity contribution in [3.63, 3.8) is 0 Å². The summed E-state index contributed by atoms with van der Waals surface area (Å²) in [5, 5.41) is 10.7. The molecule has 0 radical (unpaired) electrons. The van der Waals surface area contributed by atoms with E-state index < -0.39 is 5.97 Å². The highest BCUT2D eigenvalue weighted by molar-refractivity contribution is 7.71. The molecule has 0 saturated heterocycles. The minimum Gasteiger partial charge on any atom is -0.490 e. The van der Waals surface area contributed by atoms with Crippen LogP contribution in [0.2, 0.25) is 0 Å². The van der Waals surface area contributed by atoms with Crippen LogP contribution in [0.4, 0.5) is 0 Å². The van der Waals surface area contributed by atoms with Crippen molar-refractivity contribution in [3.05, 3.63) is 58.5 Å². The summed E-state index contributed by atoms with van der Waals surface area (Å²) in [7, 11) is 1.29. The van der Waals surface area contributed by atoms with E-state index in [1.54, 1.807) is 24.4 Å². The van der Waals surface area contributed by atoms with Crippen molar-refractivity contribution in [2.24, 2.45) is 5.10 Å². The second-order valence-electron chi connectivity index (χ2n) is 5.44. The van der Waals surface area contributed by atoms with Crippen LogP contribution >= 0.6 is 12.2 Å². The third kappa shape index (κ3) is 4.65. The first-order chi connectivity index (χ1) is 13.6. The monoisotopic (exact) mass is 402 g/mol. The molecule has 2 aromatic heterocycles. The van der Waals surface area contributed by atoms with Crippen LogP contribution in [0.15, 0.2) is 46.2 Å². The zero-order chi connectivity index (χ0) is 19.9. The van der Waals surface area contributed by atoms with Crippen LogP contribution in [0.1, 0.15) is 28.8 Å². The molecule has 0 aliphatic carbocycles. The Hall–Kier alpha value is -3.40. The summed E-state index contributed by atoms with van der Waals surface area (Å²) in [5.74, 6) is 1.16. The number of aromatic nitrogens is 3. The van der Waals surface area contributed by atoms with Gasteiger partial charge in [-0.25, -0.2) is 4.79 Å². The summed E-state index contributed by atoms with van der Waals surface area (Å²) in [6.45, 7) is 2.48. The lowest BCUT2D eigenvalue weighted by atomic mass is 10.2. The van der Waals surface area contributed by atoms with Crippen LogP contribution in [0.25, 0.3) is 0 Å². The molecule has 9 nitrogen and oxygen atoms in total. The number of benzene rings is 1. The fourth-order valence-corrected chi connectivity index (χ4v) is 2.41. The maximum atomic E-state index is 11.4. The predicted octanol–water partition coefficient (Wildman–Crippen LogP) is 3.18. The van der Waals surface area contributed by atoms with Gasteiger partial charge in [-0.15, -0.1) is 0 Å². The van der Waals surface area contributed by atoms with Crippen molar-refractivity contribution < 1.29 is 23.4 Å². The number of nitrogens with one attached hydrogen (secondary N) is 1. The molecule has 0 saturated carbocycles. The molecular formula is C18H18N4O5S. The lowest BCUT2D eigenvalue weighted by Crippen LogP contribution is -2.01. The number of methoxy groups -OCH3 is 1. The van der Waals surface area contributed by atoms with Crippen molar-refractivity contribution in [3.8, 4) is 11.5 Å². The molecule has 0 spiro atoms. The molecule has 0 bridgehead atoms. The Morgan fingerprint density at radius 2 is 2.18 bits per heavy atom. The minimum atomic E-state index is -0.539. The second kappa shape index (κ2) is 9.00. The van der Waals surface area contributed by atoms with Gasteiger partial charge in [-0.3, -0.25) is 5.10 Å². The molecule has 0 fully saturated rings. The van der Waals surface area contributed by atoms with E-state index in [-0.39, 0.29) is 12.4 Å². The molecule has 1 aromatic carbocycles. The number of H-pyrrole nitrogens is 1. The van der Waals surface area contributed by atoms with E-state index in [9.17, 15) is 4.79 Å². The number of rotatable bonds is 8. The van der Waals surface area contributed by atoms with Gasteiger partial charge in [0.15, 0.2) is 11.5 Å². The third-order valence-corrected chi connectivity index (χ3v) is 3.83. The second-order valence-corrected chi connectivity index (χ2v) is 5.82. The largest absolute Gasteiger partial charge is 0.490 e. The van der Waals surface area contributed by atoms with Gasteiger partial charge in [0.05, 0.1) is 19.9 Å².